The number of rotatable bonds is 5. The van der Waals surface area contributed by atoms with E-state index < -0.39 is 0 Å². The van der Waals surface area contributed by atoms with Crippen LogP contribution in [-0.2, 0) is 6.54 Å². The summed E-state index contributed by atoms with van der Waals surface area (Å²) in [6, 6.07) is 0. The fraction of sp³-hybridized carbons (Fsp3) is 0.667. The Balaban J connectivity index is 0.00000121. The molecule has 70 valence electrons. The van der Waals surface area contributed by atoms with Gasteiger partial charge in [-0.15, -0.1) is 0 Å². The van der Waals surface area contributed by atoms with Crippen LogP contribution in [0.15, 0.2) is 18.7 Å². The predicted molar refractivity (Wildman–Crippen MR) is 47.9 cm³/mol. The van der Waals surface area contributed by atoms with E-state index in [0.29, 0.717) is 0 Å². The second kappa shape index (κ2) is 7.58. The number of hydrogen-bond donors (Lipinski definition) is 1. The summed E-state index contributed by atoms with van der Waals surface area (Å²) in [6.07, 6.45) is 11.4. The SMILES string of the molecule is CCCCCC[n+]1cc[nH]c1.[IH2+]. The fourth-order valence-electron chi connectivity index (χ4n) is 1.18. The minimum Gasteiger partial charge on any atom is -0.250 e. The van der Waals surface area contributed by atoms with Crippen molar-refractivity contribution in [3.8, 4) is 0 Å². The van der Waals surface area contributed by atoms with E-state index in [1.54, 1.807) is 0 Å². The summed E-state index contributed by atoms with van der Waals surface area (Å²) in [5.74, 6) is 0. The molecule has 0 radical (unpaired) electrons. The molecule has 1 aromatic heterocycles. The van der Waals surface area contributed by atoms with E-state index in [-0.39, 0.29) is 24.0 Å². The van der Waals surface area contributed by atoms with E-state index in [1.807, 2.05) is 12.5 Å². The lowest BCUT2D eigenvalue weighted by atomic mass is 10.2. The van der Waals surface area contributed by atoms with Gasteiger partial charge in [0.25, 0.3) is 0 Å². The van der Waals surface area contributed by atoms with Crippen molar-refractivity contribution in [2.24, 2.45) is 0 Å². The molecule has 0 aromatic carbocycles. The molecule has 0 aliphatic rings. The molecule has 0 unspecified atom stereocenters. The highest BCUT2D eigenvalue weighted by molar-refractivity contribution is 4.55. The molecule has 1 N–H and O–H groups in total. The highest BCUT2D eigenvalue weighted by Gasteiger charge is 1.94. The van der Waals surface area contributed by atoms with Gasteiger partial charge in [-0.2, -0.15) is 0 Å². The second-order valence-electron chi connectivity index (χ2n) is 2.91. The summed E-state index contributed by atoms with van der Waals surface area (Å²) in [6.45, 7) is 3.40. The van der Waals surface area contributed by atoms with Gasteiger partial charge < -0.3 is 0 Å². The minimum absolute atomic E-state index is 0. The molecule has 0 spiro atoms. The van der Waals surface area contributed by atoms with Crippen LogP contribution in [0.4, 0.5) is 0 Å². The monoisotopic (exact) mass is 282 g/mol. The zero-order chi connectivity index (χ0) is 7.94. The summed E-state index contributed by atoms with van der Waals surface area (Å²) in [4.78, 5) is 3.03. The summed E-state index contributed by atoms with van der Waals surface area (Å²) < 4.78 is 2.19. The maximum Gasteiger partial charge on any atom is 0.241 e. The van der Waals surface area contributed by atoms with Crippen LogP contribution in [0.5, 0.6) is 0 Å². The smallest absolute Gasteiger partial charge is 0.241 e. The van der Waals surface area contributed by atoms with Crippen LogP contribution in [0.2, 0.25) is 0 Å². The number of halogens is 1. The molecule has 1 heterocycles. The lowest BCUT2D eigenvalue weighted by molar-refractivity contribution is -0.696. The summed E-state index contributed by atoms with van der Waals surface area (Å²) in [5.41, 5.74) is 0. The summed E-state index contributed by atoms with van der Waals surface area (Å²) in [7, 11) is 0. The molecule has 0 aliphatic carbocycles. The van der Waals surface area contributed by atoms with Crippen molar-refractivity contribution < 1.29 is 28.5 Å². The van der Waals surface area contributed by atoms with Crippen LogP contribution in [0.1, 0.15) is 32.6 Å². The second-order valence-corrected chi connectivity index (χ2v) is 2.91. The molecule has 1 rings (SSSR count). The van der Waals surface area contributed by atoms with Gasteiger partial charge in [0.15, 0.2) is 0 Å². The molecule has 2 nitrogen and oxygen atoms in total. The van der Waals surface area contributed by atoms with Gasteiger partial charge in [-0.05, 0) is 12.8 Å². The van der Waals surface area contributed by atoms with Crippen LogP contribution in [-0.4, -0.2) is 4.98 Å². The van der Waals surface area contributed by atoms with E-state index >= 15 is 0 Å². The number of aryl methyl sites for hydroxylation is 1. The third-order valence-corrected chi connectivity index (χ3v) is 1.87. The standard InChI is InChI=1S/C9H16N2.H2I/c1-2-3-4-5-7-11-8-6-10-9-11;/h6,8-9H,2-5,7H2,1H3;1H2/q;+1/p+1. The third-order valence-electron chi connectivity index (χ3n) is 1.87. The lowest BCUT2D eigenvalue weighted by Crippen LogP contribution is -3.00. The molecule has 0 saturated heterocycles. The normalized spacial score (nSPS) is 9.42. The Labute approximate surface area is 91.4 Å². The Morgan fingerprint density at radius 2 is 2.08 bits per heavy atom. The van der Waals surface area contributed by atoms with Crippen LogP contribution in [0.3, 0.4) is 0 Å². The van der Waals surface area contributed by atoms with Crippen LogP contribution >= 0.6 is 0 Å². The van der Waals surface area contributed by atoms with Crippen molar-refractivity contribution >= 4 is 0 Å². The Morgan fingerprint density at radius 1 is 1.25 bits per heavy atom. The van der Waals surface area contributed by atoms with Crippen molar-refractivity contribution in [3.63, 3.8) is 0 Å². The molecule has 0 saturated carbocycles. The van der Waals surface area contributed by atoms with Gasteiger partial charge in [0.2, 0.25) is 30.3 Å². The Kier molecular flexibility index (Phi) is 7.54. The molecule has 0 amide bonds. The molecule has 0 fully saturated rings. The van der Waals surface area contributed by atoms with E-state index in [9.17, 15) is 0 Å². The van der Waals surface area contributed by atoms with Crippen LogP contribution < -0.4 is 28.5 Å². The number of nitrogens with one attached hydrogen (secondary N) is 1. The first kappa shape index (κ1) is 11.9. The zero-order valence-electron chi connectivity index (χ0n) is 7.66. The van der Waals surface area contributed by atoms with E-state index in [2.05, 4.69) is 22.7 Å². The number of aromatic amines is 1. The Bertz CT molecular complexity index is 173. The van der Waals surface area contributed by atoms with Gasteiger partial charge >= 0.3 is 0 Å². The number of unbranched alkanes of at least 4 members (excludes halogenated alkanes) is 3. The number of imidazole rings is 1. The summed E-state index contributed by atoms with van der Waals surface area (Å²) in [5, 5.41) is 0. The van der Waals surface area contributed by atoms with Crippen molar-refractivity contribution in [1.82, 2.24) is 4.98 Å². The zero-order valence-corrected chi connectivity index (χ0v) is 10.2. The average molecular weight is 282 g/mol. The molecule has 0 bridgehead atoms. The molecular weight excluding hydrogens is 263 g/mol. The highest BCUT2D eigenvalue weighted by Crippen LogP contribution is 1.97. The van der Waals surface area contributed by atoms with Crippen LogP contribution in [0, 0.1) is 0 Å². The molecule has 12 heavy (non-hydrogen) atoms. The fourth-order valence-corrected chi connectivity index (χ4v) is 1.18. The average Bonchev–Trinajstić information content (AvgIpc) is 2.50. The first-order valence-electron chi connectivity index (χ1n) is 4.45. The van der Waals surface area contributed by atoms with E-state index in [1.165, 1.54) is 25.7 Å². The first-order chi connectivity index (χ1) is 5.43. The Hall–Kier alpha value is -0.0600. The molecule has 0 aliphatic heterocycles. The number of hydrogen-bond acceptors (Lipinski definition) is 0. The highest BCUT2D eigenvalue weighted by atomic mass is 127. The largest absolute Gasteiger partial charge is 0.250 e. The van der Waals surface area contributed by atoms with Crippen molar-refractivity contribution in [2.75, 3.05) is 0 Å². The van der Waals surface area contributed by atoms with Crippen molar-refractivity contribution in [3.05, 3.63) is 18.7 Å². The predicted octanol–water partition coefficient (Wildman–Crippen LogP) is -1.65. The van der Waals surface area contributed by atoms with Crippen molar-refractivity contribution in [1.29, 1.82) is 0 Å². The van der Waals surface area contributed by atoms with Gasteiger partial charge in [0.05, 0.1) is 6.54 Å². The van der Waals surface area contributed by atoms with E-state index in [0.717, 1.165) is 6.54 Å². The van der Waals surface area contributed by atoms with Crippen LogP contribution in [0.25, 0.3) is 0 Å². The van der Waals surface area contributed by atoms with Gasteiger partial charge in [-0.1, -0.05) is 19.8 Å². The molecule has 3 heteroatoms. The third kappa shape index (κ3) is 4.74. The maximum atomic E-state index is 3.03. The minimum atomic E-state index is 0. The first-order valence-corrected chi connectivity index (χ1v) is 4.45. The maximum absolute atomic E-state index is 3.03. The molecule has 0 atom stereocenters. The van der Waals surface area contributed by atoms with E-state index in [4.69, 9.17) is 0 Å². The topological polar surface area (TPSA) is 19.7 Å². The number of aromatic nitrogens is 2. The molecule has 1 aromatic rings. The molecular formula is C9H19IN2+2. The van der Waals surface area contributed by atoms with Gasteiger partial charge in [0.1, 0.15) is 12.4 Å². The quantitative estimate of drug-likeness (QED) is 0.379. The number of H-pyrrole nitrogens is 1. The lowest BCUT2D eigenvalue weighted by Gasteiger charge is -1.95. The van der Waals surface area contributed by atoms with Gasteiger partial charge in [-0.25, -0.2) is 4.57 Å². The van der Waals surface area contributed by atoms with Crippen molar-refractivity contribution in [2.45, 2.75) is 39.2 Å². The van der Waals surface area contributed by atoms with Gasteiger partial charge in [0, 0.05) is 0 Å². The summed E-state index contributed by atoms with van der Waals surface area (Å²) >= 11 is 0. The van der Waals surface area contributed by atoms with Gasteiger partial charge in [-0.3, -0.25) is 4.98 Å². The Morgan fingerprint density at radius 3 is 2.67 bits per heavy atom. The number of nitrogens with zero attached hydrogens (tertiary/aromatic N) is 1.